The summed E-state index contributed by atoms with van der Waals surface area (Å²) in [5, 5.41) is 5.04. The number of nitrogens with one attached hydrogen (secondary N) is 2. The van der Waals surface area contributed by atoms with Crippen molar-refractivity contribution in [3.63, 3.8) is 0 Å². The Morgan fingerprint density at radius 3 is 2.80 bits per heavy atom. The van der Waals surface area contributed by atoms with Crippen LogP contribution in [0.15, 0.2) is 54.7 Å². The highest BCUT2D eigenvalue weighted by molar-refractivity contribution is 5.84. The number of para-hydroxylation sites is 1. The van der Waals surface area contributed by atoms with Crippen LogP contribution in [-0.4, -0.2) is 11.0 Å². The molecule has 0 aliphatic heterocycles. The van der Waals surface area contributed by atoms with Crippen LogP contribution in [0.3, 0.4) is 0 Å². The van der Waals surface area contributed by atoms with Crippen molar-refractivity contribution in [3.8, 4) is 0 Å². The van der Waals surface area contributed by atoms with E-state index >= 15 is 0 Å². The highest BCUT2D eigenvalue weighted by atomic mass is 15.0. The molecule has 4 N–H and O–H groups in total. The van der Waals surface area contributed by atoms with Gasteiger partial charge in [-0.15, -0.1) is 0 Å². The Bertz CT molecular complexity index is 866. The summed E-state index contributed by atoms with van der Waals surface area (Å²) >= 11 is 0. The standard InChI is InChI=1S/C22H27N3/c1-16-8-2-3-9-17(16)14-25-21-12-6-7-13-22(21,23)19-15-24-20-11-5-4-10-18(19)20/h2-5,8-11,15,21,24-25H,6-7,12-14,23H2,1H3. The lowest BCUT2D eigenvalue weighted by Crippen LogP contribution is -2.56. The van der Waals surface area contributed by atoms with Crippen LogP contribution < -0.4 is 11.1 Å². The van der Waals surface area contributed by atoms with Gasteiger partial charge in [-0.05, 0) is 42.5 Å². The van der Waals surface area contributed by atoms with Gasteiger partial charge in [-0.2, -0.15) is 0 Å². The summed E-state index contributed by atoms with van der Waals surface area (Å²) < 4.78 is 0. The topological polar surface area (TPSA) is 53.8 Å². The third-order valence-electron chi connectivity index (χ3n) is 5.85. The quantitative estimate of drug-likeness (QED) is 0.664. The van der Waals surface area contributed by atoms with Crippen LogP contribution in [0.1, 0.15) is 42.4 Å². The molecule has 1 aliphatic carbocycles. The average molecular weight is 333 g/mol. The van der Waals surface area contributed by atoms with E-state index in [1.165, 1.54) is 40.4 Å². The Kier molecular flexibility index (Phi) is 4.36. The molecule has 1 aliphatic rings. The molecule has 3 aromatic rings. The molecule has 2 unspecified atom stereocenters. The first-order chi connectivity index (χ1) is 12.2. The minimum atomic E-state index is -0.319. The van der Waals surface area contributed by atoms with Crippen molar-refractivity contribution in [2.45, 2.75) is 50.7 Å². The maximum absolute atomic E-state index is 7.05. The molecular weight excluding hydrogens is 306 g/mol. The summed E-state index contributed by atoms with van der Waals surface area (Å²) in [5.41, 5.74) is 11.9. The molecule has 1 saturated carbocycles. The van der Waals surface area contributed by atoms with Gasteiger partial charge in [0.05, 0.1) is 5.54 Å². The van der Waals surface area contributed by atoms with E-state index in [4.69, 9.17) is 5.73 Å². The minimum Gasteiger partial charge on any atom is -0.361 e. The van der Waals surface area contributed by atoms with Gasteiger partial charge in [0.15, 0.2) is 0 Å². The van der Waals surface area contributed by atoms with Gasteiger partial charge in [-0.3, -0.25) is 0 Å². The van der Waals surface area contributed by atoms with Crippen molar-refractivity contribution in [2.24, 2.45) is 5.73 Å². The largest absolute Gasteiger partial charge is 0.361 e. The second kappa shape index (κ2) is 6.66. The van der Waals surface area contributed by atoms with Crippen LogP contribution in [0.5, 0.6) is 0 Å². The van der Waals surface area contributed by atoms with Crippen LogP contribution >= 0.6 is 0 Å². The Morgan fingerprint density at radius 2 is 1.92 bits per heavy atom. The third-order valence-corrected chi connectivity index (χ3v) is 5.85. The van der Waals surface area contributed by atoms with E-state index in [2.05, 4.69) is 72.0 Å². The highest BCUT2D eigenvalue weighted by Crippen LogP contribution is 2.38. The number of aromatic amines is 1. The fourth-order valence-corrected chi connectivity index (χ4v) is 4.30. The monoisotopic (exact) mass is 333 g/mol. The Morgan fingerprint density at radius 1 is 1.12 bits per heavy atom. The lowest BCUT2D eigenvalue weighted by molar-refractivity contribution is 0.217. The van der Waals surface area contributed by atoms with Gasteiger partial charge in [-0.1, -0.05) is 55.3 Å². The number of fused-ring (bicyclic) bond motifs is 1. The van der Waals surface area contributed by atoms with Crippen molar-refractivity contribution in [1.29, 1.82) is 0 Å². The lowest BCUT2D eigenvalue weighted by Gasteiger charge is -2.42. The molecular formula is C22H27N3. The molecule has 1 heterocycles. The number of benzene rings is 2. The first kappa shape index (κ1) is 16.4. The molecule has 3 nitrogen and oxygen atoms in total. The minimum absolute atomic E-state index is 0.292. The predicted molar refractivity (Wildman–Crippen MR) is 104 cm³/mol. The summed E-state index contributed by atoms with van der Waals surface area (Å²) in [6.45, 7) is 3.05. The molecule has 130 valence electrons. The zero-order valence-electron chi connectivity index (χ0n) is 14.9. The van der Waals surface area contributed by atoms with Crippen LogP contribution in [0, 0.1) is 6.92 Å². The van der Waals surface area contributed by atoms with E-state index < -0.39 is 0 Å². The fourth-order valence-electron chi connectivity index (χ4n) is 4.30. The predicted octanol–water partition coefficient (Wildman–Crippen LogP) is 4.36. The number of aromatic nitrogens is 1. The van der Waals surface area contributed by atoms with Gasteiger partial charge in [0.2, 0.25) is 0 Å². The number of aryl methyl sites for hydroxylation is 1. The van der Waals surface area contributed by atoms with Crippen LogP contribution in [0.2, 0.25) is 0 Å². The molecule has 25 heavy (non-hydrogen) atoms. The van der Waals surface area contributed by atoms with Crippen molar-refractivity contribution < 1.29 is 0 Å². The van der Waals surface area contributed by atoms with Gasteiger partial charge in [0.25, 0.3) is 0 Å². The number of H-pyrrole nitrogens is 1. The summed E-state index contributed by atoms with van der Waals surface area (Å²) in [7, 11) is 0. The highest BCUT2D eigenvalue weighted by Gasteiger charge is 2.40. The van der Waals surface area contributed by atoms with E-state index in [0.29, 0.717) is 6.04 Å². The number of hydrogen-bond donors (Lipinski definition) is 3. The van der Waals surface area contributed by atoms with Crippen molar-refractivity contribution in [3.05, 3.63) is 71.4 Å². The molecule has 0 spiro atoms. The first-order valence-corrected chi connectivity index (χ1v) is 9.32. The fraction of sp³-hybridized carbons (Fsp3) is 0.364. The smallest absolute Gasteiger partial charge is 0.0586 e. The molecule has 2 atom stereocenters. The molecule has 0 bridgehead atoms. The van der Waals surface area contributed by atoms with E-state index in [-0.39, 0.29) is 5.54 Å². The maximum atomic E-state index is 7.05. The zero-order valence-corrected chi connectivity index (χ0v) is 14.9. The van der Waals surface area contributed by atoms with Gasteiger partial charge >= 0.3 is 0 Å². The Hall–Kier alpha value is -2.10. The SMILES string of the molecule is Cc1ccccc1CNC1CCCCC1(N)c1c[nH]c2ccccc12. The average Bonchev–Trinajstić information content (AvgIpc) is 3.07. The third kappa shape index (κ3) is 2.99. The molecule has 0 amide bonds. The van der Waals surface area contributed by atoms with E-state index in [0.717, 1.165) is 19.4 Å². The summed E-state index contributed by atoms with van der Waals surface area (Å²) in [5.74, 6) is 0. The number of nitrogens with two attached hydrogens (primary N) is 1. The van der Waals surface area contributed by atoms with Crippen LogP contribution in [0.4, 0.5) is 0 Å². The summed E-state index contributed by atoms with van der Waals surface area (Å²) in [4.78, 5) is 3.41. The Labute approximate surface area is 149 Å². The Balaban J connectivity index is 1.63. The van der Waals surface area contributed by atoms with Crippen LogP contribution in [-0.2, 0) is 12.1 Å². The first-order valence-electron chi connectivity index (χ1n) is 9.32. The van der Waals surface area contributed by atoms with Crippen molar-refractivity contribution >= 4 is 10.9 Å². The number of hydrogen-bond acceptors (Lipinski definition) is 2. The summed E-state index contributed by atoms with van der Waals surface area (Å²) in [6.07, 6.45) is 6.71. The van der Waals surface area contributed by atoms with E-state index in [1.807, 2.05) is 0 Å². The van der Waals surface area contributed by atoms with Gasteiger partial charge in [0, 0.05) is 29.7 Å². The molecule has 4 rings (SSSR count). The van der Waals surface area contributed by atoms with Gasteiger partial charge in [-0.25, -0.2) is 0 Å². The van der Waals surface area contributed by atoms with Crippen molar-refractivity contribution in [1.82, 2.24) is 10.3 Å². The maximum Gasteiger partial charge on any atom is 0.0586 e. The normalized spacial score (nSPS) is 23.8. The number of rotatable bonds is 4. The molecule has 1 fully saturated rings. The van der Waals surface area contributed by atoms with Gasteiger partial charge in [0.1, 0.15) is 0 Å². The van der Waals surface area contributed by atoms with E-state index in [1.54, 1.807) is 0 Å². The van der Waals surface area contributed by atoms with Gasteiger partial charge < -0.3 is 16.0 Å². The van der Waals surface area contributed by atoms with Crippen LogP contribution in [0.25, 0.3) is 10.9 Å². The zero-order chi connectivity index (χ0) is 17.3. The molecule has 3 heteroatoms. The molecule has 0 saturated heterocycles. The second-order valence-corrected chi connectivity index (χ2v) is 7.39. The van der Waals surface area contributed by atoms with Crippen molar-refractivity contribution in [2.75, 3.05) is 0 Å². The molecule has 2 aromatic carbocycles. The van der Waals surface area contributed by atoms with E-state index in [9.17, 15) is 0 Å². The second-order valence-electron chi connectivity index (χ2n) is 7.39. The lowest BCUT2D eigenvalue weighted by atomic mass is 9.73. The molecule has 0 radical (unpaired) electrons. The summed E-state index contributed by atoms with van der Waals surface area (Å²) in [6, 6.07) is 17.4. The molecule has 1 aromatic heterocycles.